The molecule has 1 unspecified atom stereocenters. The summed E-state index contributed by atoms with van der Waals surface area (Å²) in [5, 5.41) is 0.546. The molecule has 25 heavy (non-hydrogen) atoms. The van der Waals surface area contributed by atoms with Crippen LogP contribution in [0.4, 0.5) is 4.39 Å². The van der Waals surface area contributed by atoms with Gasteiger partial charge >= 0.3 is 5.97 Å². The SMILES string of the molecule is CC(=O)Oc1cc(F)cc2cc(-c3ccc(C(N)C4CC4)cc3)oc12. The zero-order valence-corrected chi connectivity index (χ0v) is 13.8. The molecule has 0 amide bonds. The molecule has 4 nitrogen and oxygen atoms in total. The molecule has 1 aromatic heterocycles. The minimum absolute atomic E-state index is 0.0781. The van der Waals surface area contributed by atoms with Crippen LogP contribution in [0.5, 0.6) is 5.75 Å². The molecule has 1 aliphatic rings. The van der Waals surface area contributed by atoms with Gasteiger partial charge in [0.05, 0.1) is 0 Å². The molecule has 1 atom stereocenters. The van der Waals surface area contributed by atoms with Gasteiger partial charge in [-0.15, -0.1) is 0 Å². The number of ether oxygens (including phenoxy) is 1. The minimum atomic E-state index is -0.525. The maximum Gasteiger partial charge on any atom is 0.308 e. The van der Waals surface area contributed by atoms with Gasteiger partial charge in [0.1, 0.15) is 11.6 Å². The number of fused-ring (bicyclic) bond motifs is 1. The second-order valence-corrected chi connectivity index (χ2v) is 6.51. The molecule has 4 rings (SSSR count). The second-order valence-electron chi connectivity index (χ2n) is 6.51. The highest BCUT2D eigenvalue weighted by atomic mass is 19.1. The van der Waals surface area contributed by atoms with E-state index in [0.717, 1.165) is 17.2 Å². The largest absolute Gasteiger partial charge is 0.452 e. The molecule has 1 heterocycles. The zero-order valence-electron chi connectivity index (χ0n) is 13.8. The summed E-state index contributed by atoms with van der Waals surface area (Å²) in [6, 6.07) is 12.2. The summed E-state index contributed by atoms with van der Waals surface area (Å²) in [5.74, 6) is 0.248. The van der Waals surface area contributed by atoms with Crippen molar-refractivity contribution in [2.24, 2.45) is 11.7 Å². The maximum atomic E-state index is 13.7. The molecule has 0 spiro atoms. The maximum absolute atomic E-state index is 13.7. The Hall–Kier alpha value is -2.66. The average molecular weight is 339 g/mol. The van der Waals surface area contributed by atoms with E-state index in [9.17, 15) is 9.18 Å². The quantitative estimate of drug-likeness (QED) is 0.558. The van der Waals surface area contributed by atoms with Crippen molar-refractivity contribution >= 4 is 16.9 Å². The number of rotatable bonds is 4. The van der Waals surface area contributed by atoms with Crippen LogP contribution in [-0.2, 0) is 4.79 Å². The van der Waals surface area contributed by atoms with Crippen LogP contribution in [0.2, 0.25) is 0 Å². The van der Waals surface area contributed by atoms with Gasteiger partial charge in [-0.05, 0) is 36.5 Å². The average Bonchev–Trinajstić information content (AvgIpc) is 3.33. The molecule has 2 aromatic carbocycles. The van der Waals surface area contributed by atoms with E-state index in [4.69, 9.17) is 14.9 Å². The van der Waals surface area contributed by atoms with E-state index in [2.05, 4.69) is 0 Å². The van der Waals surface area contributed by atoms with Crippen LogP contribution in [0.3, 0.4) is 0 Å². The van der Waals surface area contributed by atoms with Gasteiger partial charge < -0.3 is 14.9 Å². The fourth-order valence-electron chi connectivity index (χ4n) is 3.06. The summed E-state index contributed by atoms with van der Waals surface area (Å²) in [6.07, 6.45) is 2.38. The molecule has 1 saturated carbocycles. The standard InChI is InChI=1S/C20H18FNO3/c1-11(23)24-18-10-16(21)8-15-9-17(25-20(15)18)12-2-4-13(5-3-12)19(22)14-6-7-14/h2-5,8-10,14,19H,6-7,22H2,1H3. The Morgan fingerprint density at radius 1 is 1.24 bits per heavy atom. The first-order valence-electron chi connectivity index (χ1n) is 8.28. The number of esters is 1. The molecule has 0 saturated heterocycles. The molecular weight excluding hydrogens is 321 g/mol. The summed E-state index contributed by atoms with van der Waals surface area (Å²) in [7, 11) is 0. The Morgan fingerprint density at radius 3 is 2.60 bits per heavy atom. The third kappa shape index (κ3) is 3.15. The fraction of sp³-hybridized carbons (Fsp3) is 0.250. The molecule has 0 aliphatic heterocycles. The lowest BCUT2D eigenvalue weighted by atomic mass is 10.0. The van der Waals surface area contributed by atoms with Crippen molar-refractivity contribution in [3.8, 4) is 17.1 Å². The van der Waals surface area contributed by atoms with E-state index in [0.29, 0.717) is 22.6 Å². The van der Waals surface area contributed by atoms with Crippen LogP contribution in [0.15, 0.2) is 46.9 Å². The van der Waals surface area contributed by atoms with Gasteiger partial charge in [0, 0.05) is 30.0 Å². The van der Waals surface area contributed by atoms with Crippen LogP contribution >= 0.6 is 0 Å². The van der Waals surface area contributed by atoms with Crippen molar-refractivity contribution < 1.29 is 18.3 Å². The van der Waals surface area contributed by atoms with Gasteiger partial charge in [0.15, 0.2) is 11.3 Å². The van der Waals surface area contributed by atoms with E-state index in [1.54, 1.807) is 6.07 Å². The lowest BCUT2D eigenvalue weighted by Crippen LogP contribution is -2.11. The molecular formula is C20H18FNO3. The Kier molecular flexibility index (Phi) is 3.81. The first-order chi connectivity index (χ1) is 12.0. The molecule has 5 heteroatoms. The number of benzene rings is 2. The van der Waals surface area contributed by atoms with Gasteiger partial charge in [-0.1, -0.05) is 24.3 Å². The van der Waals surface area contributed by atoms with E-state index in [-0.39, 0.29) is 11.8 Å². The number of nitrogens with two attached hydrogens (primary N) is 1. The first kappa shape index (κ1) is 15.8. The van der Waals surface area contributed by atoms with Gasteiger partial charge in [0.25, 0.3) is 0 Å². The van der Waals surface area contributed by atoms with E-state index in [1.165, 1.54) is 25.8 Å². The summed E-state index contributed by atoms with van der Waals surface area (Å²) in [4.78, 5) is 11.2. The molecule has 0 radical (unpaired) electrons. The molecule has 2 N–H and O–H groups in total. The van der Waals surface area contributed by atoms with E-state index >= 15 is 0 Å². The molecule has 1 aliphatic carbocycles. The minimum Gasteiger partial charge on any atom is -0.452 e. The second kappa shape index (κ2) is 6.01. The Labute approximate surface area is 144 Å². The fourth-order valence-corrected chi connectivity index (χ4v) is 3.06. The number of furan rings is 1. The van der Waals surface area contributed by atoms with Crippen LogP contribution in [0.25, 0.3) is 22.3 Å². The first-order valence-corrected chi connectivity index (χ1v) is 8.28. The predicted molar refractivity (Wildman–Crippen MR) is 92.6 cm³/mol. The number of halogens is 1. The topological polar surface area (TPSA) is 65.5 Å². The number of carbonyl (C=O) groups is 1. The van der Waals surface area contributed by atoms with Crippen molar-refractivity contribution in [1.29, 1.82) is 0 Å². The van der Waals surface area contributed by atoms with Crippen LogP contribution in [0, 0.1) is 11.7 Å². The predicted octanol–water partition coefficient (Wildman–Crippen LogP) is 4.57. The van der Waals surface area contributed by atoms with E-state index < -0.39 is 11.8 Å². The number of hydrogen-bond acceptors (Lipinski definition) is 4. The summed E-state index contributed by atoms with van der Waals surface area (Å²) in [5.41, 5.74) is 8.54. The van der Waals surface area contributed by atoms with Gasteiger partial charge in [-0.3, -0.25) is 4.79 Å². The lowest BCUT2D eigenvalue weighted by molar-refractivity contribution is -0.131. The monoisotopic (exact) mass is 339 g/mol. The van der Waals surface area contributed by atoms with Crippen LogP contribution in [-0.4, -0.2) is 5.97 Å². The van der Waals surface area contributed by atoms with Crippen molar-refractivity contribution in [3.05, 3.63) is 53.8 Å². The van der Waals surface area contributed by atoms with Gasteiger partial charge in [-0.2, -0.15) is 0 Å². The molecule has 1 fully saturated rings. The highest BCUT2D eigenvalue weighted by Gasteiger charge is 2.29. The number of carbonyl (C=O) groups excluding carboxylic acids is 1. The van der Waals surface area contributed by atoms with Gasteiger partial charge in [0.2, 0.25) is 0 Å². The molecule has 0 bridgehead atoms. The smallest absolute Gasteiger partial charge is 0.308 e. The zero-order chi connectivity index (χ0) is 17.6. The van der Waals surface area contributed by atoms with Crippen molar-refractivity contribution in [3.63, 3.8) is 0 Å². The normalized spacial score (nSPS) is 15.3. The molecule has 3 aromatic rings. The van der Waals surface area contributed by atoms with Crippen molar-refractivity contribution in [2.75, 3.05) is 0 Å². The van der Waals surface area contributed by atoms with Crippen LogP contribution < -0.4 is 10.5 Å². The Bertz CT molecular complexity index is 941. The van der Waals surface area contributed by atoms with Gasteiger partial charge in [-0.25, -0.2) is 4.39 Å². The Morgan fingerprint density at radius 2 is 1.96 bits per heavy atom. The third-order valence-corrected chi connectivity index (χ3v) is 4.51. The lowest BCUT2D eigenvalue weighted by Gasteiger charge is -2.10. The Balaban J connectivity index is 1.70. The third-order valence-electron chi connectivity index (χ3n) is 4.51. The van der Waals surface area contributed by atoms with Crippen molar-refractivity contribution in [1.82, 2.24) is 0 Å². The summed E-state index contributed by atoms with van der Waals surface area (Å²) in [6.45, 7) is 1.27. The summed E-state index contributed by atoms with van der Waals surface area (Å²) < 4.78 is 24.6. The van der Waals surface area contributed by atoms with Crippen LogP contribution in [0.1, 0.15) is 31.4 Å². The molecule has 128 valence electrons. The summed E-state index contributed by atoms with van der Waals surface area (Å²) >= 11 is 0. The highest BCUT2D eigenvalue weighted by molar-refractivity contribution is 5.89. The van der Waals surface area contributed by atoms with E-state index in [1.807, 2.05) is 24.3 Å². The van der Waals surface area contributed by atoms with Crippen molar-refractivity contribution in [2.45, 2.75) is 25.8 Å². The highest BCUT2D eigenvalue weighted by Crippen LogP contribution is 2.40. The number of hydrogen-bond donors (Lipinski definition) is 1.